The highest BCUT2D eigenvalue weighted by atomic mass is 79.9. The lowest BCUT2D eigenvalue weighted by Gasteiger charge is -2.06. The van der Waals surface area contributed by atoms with Crippen LogP contribution in [0.5, 0.6) is 0 Å². The molecule has 0 spiro atoms. The Balaban J connectivity index is 2.55. The maximum Gasteiger partial charge on any atom is 0.197 e. The Morgan fingerprint density at radius 1 is 1.06 bits per heavy atom. The van der Waals surface area contributed by atoms with Gasteiger partial charge in [-0.15, -0.1) is 0 Å². The highest BCUT2D eigenvalue weighted by molar-refractivity contribution is 9.10. The molecule has 0 unspecified atom stereocenters. The van der Waals surface area contributed by atoms with E-state index in [0.29, 0.717) is 0 Å². The minimum absolute atomic E-state index is 0.0518. The molecule has 0 radical (unpaired) electrons. The van der Waals surface area contributed by atoms with Crippen LogP contribution in [0.2, 0.25) is 0 Å². The molecule has 0 aliphatic heterocycles. The summed E-state index contributed by atoms with van der Waals surface area (Å²) in [5.41, 5.74) is 0.827. The van der Waals surface area contributed by atoms with Crippen molar-refractivity contribution in [1.29, 1.82) is 0 Å². The molecule has 0 saturated carbocycles. The molecule has 2 aromatic carbocycles. The molecule has 0 saturated heterocycles. The zero-order valence-corrected chi connectivity index (χ0v) is 11.1. The van der Waals surface area contributed by atoms with Gasteiger partial charge in [0, 0.05) is 5.56 Å². The summed E-state index contributed by atoms with van der Waals surface area (Å²) in [5, 5.41) is 0. The minimum Gasteiger partial charge on any atom is -0.288 e. The molecule has 4 heteroatoms. The largest absolute Gasteiger partial charge is 0.288 e. The van der Waals surface area contributed by atoms with E-state index in [4.69, 9.17) is 0 Å². The van der Waals surface area contributed by atoms with Crippen LogP contribution in [0.3, 0.4) is 0 Å². The number of halogens is 3. The van der Waals surface area contributed by atoms with Gasteiger partial charge in [-0.3, -0.25) is 4.79 Å². The van der Waals surface area contributed by atoms with Gasteiger partial charge in [-0.2, -0.15) is 0 Å². The third-order valence-electron chi connectivity index (χ3n) is 2.56. The molecule has 0 bridgehead atoms. The highest BCUT2D eigenvalue weighted by Crippen LogP contribution is 2.24. The monoisotopic (exact) mass is 310 g/mol. The van der Waals surface area contributed by atoms with Gasteiger partial charge in [0.2, 0.25) is 0 Å². The van der Waals surface area contributed by atoms with E-state index in [0.717, 1.165) is 5.56 Å². The van der Waals surface area contributed by atoms with Crippen LogP contribution in [0.1, 0.15) is 21.5 Å². The molecule has 0 aliphatic rings. The van der Waals surface area contributed by atoms with E-state index in [1.165, 1.54) is 30.3 Å². The van der Waals surface area contributed by atoms with E-state index in [1.54, 1.807) is 13.0 Å². The van der Waals surface area contributed by atoms with E-state index in [2.05, 4.69) is 15.9 Å². The zero-order valence-electron chi connectivity index (χ0n) is 9.51. The summed E-state index contributed by atoms with van der Waals surface area (Å²) < 4.78 is 27.0. The predicted octanol–water partition coefficient (Wildman–Crippen LogP) is 4.27. The van der Waals surface area contributed by atoms with Crippen molar-refractivity contribution in [2.75, 3.05) is 0 Å². The average molecular weight is 311 g/mol. The van der Waals surface area contributed by atoms with Crippen LogP contribution in [0, 0.1) is 18.6 Å². The molecule has 0 amide bonds. The second-order valence-corrected chi connectivity index (χ2v) is 4.71. The van der Waals surface area contributed by atoms with E-state index in [9.17, 15) is 13.6 Å². The SMILES string of the molecule is Cc1ccc(F)c(C(=O)c2cccc(F)c2Br)c1. The number of hydrogen-bond acceptors (Lipinski definition) is 1. The van der Waals surface area contributed by atoms with Crippen molar-refractivity contribution in [2.45, 2.75) is 6.92 Å². The lowest BCUT2D eigenvalue weighted by molar-refractivity contribution is 0.103. The third-order valence-corrected chi connectivity index (χ3v) is 3.37. The lowest BCUT2D eigenvalue weighted by atomic mass is 10.0. The van der Waals surface area contributed by atoms with E-state index < -0.39 is 17.4 Å². The molecule has 0 heterocycles. The summed E-state index contributed by atoms with van der Waals surface area (Å²) >= 11 is 3.00. The van der Waals surface area contributed by atoms with E-state index >= 15 is 0 Å². The molecule has 0 N–H and O–H groups in total. The number of benzene rings is 2. The number of ketones is 1. The molecule has 92 valence electrons. The molecule has 0 aromatic heterocycles. The van der Waals surface area contributed by atoms with Gasteiger partial charge in [-0.05, 0) is 47.1 Å². The van der Waals surface area contributed by atoms with Crippen LogP contribution < -0.4 is 0 Å². The van der Waals surface area contributed by atoms with E-state index in [1.807, 2.05) is 0 Å². The first-order chi connectivity index (χ1) is 8.50. The number of hydrogen-bond donors (Lipinski definition) is 0. The van der Waals surface area contributed by atoms with Crippen molar-refractivity contribution in [1.82, 2.24) is 0 Å². The number of carbonyl (C=O) groups is 1. The van der Waals surface area contributed by atoms with Gasteiger partial charge in [-0.1, -0.05) is 17.7 Å². The Morgan fingerprint density at radius 3 is 2.50 bits per heavy atom. The number of aryl methyl sites for hydroxylation is 1. The van der Waals surface area contributed by atoms with E-state index in [-0.39, 0.29) is 15.6 Å². The second-order valence-electron chi connectivity index (χ2n) is 3.91. The number of carbonyl (C=O) groups excluding carboxylic acids is 1. The van der Waals surface area contributed by atoms with Crippen LogP contribution in [0.4, 0.5) is 8.78 Å². The normalized spacial score (nSPS) is 10.4. The van der Waals surface area contributed by atoms with Gasteiger partial charge >= 0.3 is 0 Å². The van der Waals surface area contributed by atoms with Gasteiger partial charge in [0.05, 0.1) is 10.0 Å². The maximum atomic E-state index is 13.6. The third kappa shape index (κ3) is 2.34. The van der Waals surface area contributed by atoms with Crippen LogP contribution in [-0.4, -0.2) is 5.78 Å². The molecular weight excluding hydrogens is 302 g/mol. The maximum absolute atomic E-state index is 13.6. The van der Waals surface area contributed by atoms with Gasteiger partial charge in [-0.25, -0.2) is 8.78 Å². The minimum atomic E-state index is -0.609. The Bertz CT molecular complexity index is 619. The van der Waals surface area contributed by atoms with Gasteiger partial charge in [0.1, 0.15) is 11.6 Å². The van der Waals surface area contributed by atoms with Crippen LogP contribution in [0.15, 0.2) is 40.9 Å². The molecule has 0 fully saturated rings. The quantitative estimate of drug-likeness (QED) is 0.757. The fourth-order valence-electron chi connectivity index (χ4n) is 1.64. The Hall–Kier alpha value is -1.55. The van der Waals surface area contributed by atoms with Crippen molar-refractivity contribution >= 4 is 21.7 Å². The fourth-order valence-corrected chi connectivity index (χ4v) is 2.08. The van der Waals surface area contributed by atoms with Crippen molar-refractivity contribution in [3.8, 4) is 0 Å². The standard InChI is InChI=1S/C14H9BrF2O/c1-8-5-6-11(16)10(7-8)14(18)9-3-2-4-12(17)13(9)15/h2-7H,1H3. The van der Waals surface area contributed by atoms with Crippen molar-refractivity contribution in [2.24, 2.45) is 0 Å². The summed E-state index contributed by atoms with van der Waals surface area (Å²) in [4.78, 5) is 12.2. The highest BCUT2D eigenvalue weighted by Gasteiger charge is 2.18. The van der Waals surface area contributed by atoms with Gasteiger partial charge in [0.25, 0.3) is 0 Å². The topological polar surface area (TPSA) is 17.1 Å². The zero-order chi connectivity index (χ0) is 13.3. The molecular formula is C14H9BrF2O. The summed E-state index contributed by atoms with van der Waals surface area (Å²) in [6.07, 6.45) is 0. The average Bonchev–Trinajstić information content (AvgIpc) is 2.35. The Labute approximate surface area is 112 Å². The Kier molecular flexibility index (Phi) is 3.57. The molecule has 0 aliphatic carbocycles. The molecule has 1 nitrogen and oxygen atoms in total. The molecule has 18 heavy (non-hydrogen) atoms. The first-order valence-electron chi connectivity index (χ1n) is 5.25. The second kappa shape index (κ2) is 4.98. The summed E-state index contributed by atoms with van der Waals surface area (Å²) in [5.74, 6) is -1.70. The van der Waals surface area contributed by atoms with Crippen LogP contribution in [-0.2, 0) is 0 Å². The first-order valence-corrected chi connectivity index (χ1v) is 6.05. The first kappa shape index (κ1) is 12.9. The molecule has 0 atom stereocenters. The van der Waals surface area contributed by atoms with Gasteiger partial charge in [0.15, 0.2) is 5.78 Å². The van der Waals surface area contributed by atoms with Crippen LogP contribution in [0.25, 0.3) is 0 Å². The summed E-state index contributed by atoms with van der Waals surface area (Å²) in [6.45, 7) is 1.76. The summed E-state index contributed by atoms with van der Waals surface area (Å²) in [7, 11) is 0. The fraction of sp³-hybridized carbons (Fsp3) is 0.0714. The number of rotatable bonds is 2. The van der Waals surface area contributed by atoms with Gasteiger partial charge < -0.3 is 0 Å². The van der Waals surface area contributed by atoms with Crippen molar-refractivity contribution in [3.05, 3.63) is 69.2 Å². The van der Waals surface area contributed by atoms with Crippen LogP contribution >= 0.6 is 15.9 Å². The predicted molar refractivity (Wildman–Crippen MR) is 68.7 cm³/mol. The molecule has 2 aromatic rings. The summed E-state index contributed by atoms with van der Waals surface area (Å²) in [6, 6.07) is 8.36. The smallest absolute Gasteiger partial charge is 0.197 e. The van der Waals surface area contributed by atoms with Crippen molar-refractivity contribution < 1.29 is 13.6 Å². The van der Waals surface area contributed by atoms with Crippen molar-refractivity contribution in [3.63, 3.8) is 0 Å². The molecule has 2 rings (SSSR count). The Morgan fingerprint density at radius 2 is 1.78 bits per heavy atom. The lowest BCUT2D eigenvalue weighted by Crippen LogP contribution is -2.06.